The van der Waals surface area contributed by atoms with Gasteiger partial charge in [-0.2, -0.15) is 0 Å². The Morgan fingerprint density at radius 3 is 2.71 bits per heavy atom. The average molecular weight is 257 g/mol. The zero-order valence-electron chi connectivity index (χ0n) is 7.35. The van der Waals surface area contributed by atoms with Gasteiger partial charge < -0.3 is 5.11 Å². The molecule has 1 aromatic rings. The highest BCUT2D eigenvalue weighted by Gasteiger charge is 2.33. The van der Waals surface area contributed by atoms with E-state index in [1.54, 1.807) is 18.3 Å². The highest BCUT2D eigenvalue weighted by molar-refractivity contribution is 9.10. The summed E-state index contributed by atoms with van der Waals surface area (Å²) in [6.07, 6.45) is 2.55. The van der Waals surface area contributed by atoms with Crippen LogP contribution in [0, 0.1) is 0 Å². The molecule has 0 aliphatic heterocycles. The summed E-state index contributed by atoms with van der Waals surface area (Å²) >= 11 is 3.21. The third kappa shape index (κ3) is 1.87. The Morgan fingerprint density at radius 1 is 1.57 bits per heavy atom. The molecule has 1 aliphatic rings. The Bertz CT molecular complexity index is 348. The largest absolute Gasteiger partial charge is 0.465 e. The second-order valence-electron chi connectivity index (χ2n) is 3.22. The van der Waals surface area contributed by atoms with Crippen LogP contribution in [0.1, 0.15) is 12.8 Å². The van der Waals surface area contributed by atoms with Gasteiger partial charge in [0.25, 0.3) is 0 Å². The molecule has 74 valence electrons. The molecule has 1 aromatic heterocycles. The number of hydrogen-bond acceptors (Lipinski definition) is 2. The summed E-state index contributed by atoms with van der Waals surface area (Å²) in [6, 6.07) is 3.65. The molecule has 0 unspecified atom stereocenters. The van der Waals surface area contributed by atoms with E-state index in [0.717, 1.165) is 12.8 Å². The molecule has 0 radical (unpaired) electrons. The predicted molar refractivity (Wildman–Crippen MR) is 55.5 cm³/mol. The Labute approximate surface area is 89.7 Å². The van der Waals surface area contributed by atoms with Gasteiger partial charge in [0.2, 0.25) is 0 Å². The number of halogens is 1. The number of carboxylic acid groups (broad SMARTS) is 1. The van der Waals surface area contributed by atoms with E-state index >= 15 is 0 Å². The van der Waals surface area contributed by atoms with Crippen molar-refractivity contribution in [3.05, 3.63) is 22.9 Å². The molecule has 4 nitrogen and oxygen atoms in total. The molecule has 0 atom stereocenters. The first-order valence-electron chi connectivity index (χ1n) is 4.32. The molecule has 1 heterocycles. The van der Waals surface area contributed by atoms with Crippen LogP contribution in [0.2, 0.25) is 0 Å². The molecule has 1 fully saturated rings. The van der Waals surface area contributed by atoms with Crippen LogP contribution >= 0.6 is 15.9 Å². The fourth-order valence-corrected chi connectivity index (χ4v) is 1.56. The molecule has 0 bridgehead atoms. The summed E-state index contributed by atoms with van der Waals surface area (Å²) < 4.78 is 0.711. The molecular formula is C9H9BrN2O2. The van der Waals surface area contributed by atoms with Crippen molar-refractivity contribution in [3.8, 4) is 0 Å². The number of pyridine rings is 1. The molecule has 5 heteroatoms. The van der Waals surface area contributed by atoms with Gasteiger partial charge in [0, 0.05) is 6.04 Å². The minimum atomic E-state index is -0.906. The van der Waals surface area contributed by atoms with Crippen molar-refractivity contribution < 1.29 is 9.90 Å². The summed E-state index contributed by atoms with van der Waals surface area (Å²) in [5.41, 5.74) is 0.642. The third-order valence-electron chi connectivity index (χ3n) is 2.11. The normalized spacial score (nSPS) is 15.2. The fraction of sp³-hybridized carbons (Fsp3) is 0.333. The fourth-order valence-electron chi connectivity index (χ4n) is 1.32. The molecule has 0 saturated heterocycles. The standard InChI is InChI=1S/C9H9BrN2O2/c10-8-4-3-7(5-11-8)12(9(13)14)6-1-2-6/h3-6H,1-2H2,(H,13,14). The Morgan fingerprint density at radius 2 is 2.29 bits per heavy atom. The quantitative estimate of drug-likeness (QED) is 0.828. The lowest BCUT2D eigenvalue weighted by Gasteiger charge is -2.17. The highest BCUT2D eigenvalue weighted by Crippen LogP contribution is 2.31. The minimum absolute atomic E-state index is 0.149. The number of rotatable bonds is 2. The molecule has 1 amide bonds. The maximum atomic E-state index is 11.0. The molecule has 1 aliphatic carbocycles. The lowest BCUT2D eigenvalue weighted by atomic mass is 10.3. The number of aromatic nitrogens is 1. The lowest BCUT2D eigenvalue weighted by Crippen LogP contribution is -2.31. The topological polar surface area (TPSA) is 53.4 Å². The van der Waals surface area contributed by atoms with Crippen LogP contribution in [0.5, 0.6) is 0 Å². The van der Waals surface area contributed by atoms with Crippen LogP contribution in [0.3, 0.4) is 0 Å². The van der Waals surface area contributed by atoms with E-state index in [1.165, 1.54) is 4.90 Å². The molecule has 1 N–H and O–H groups in total. The highest BCUT2D eigenvalue weighted by atomic mass is 79.9. The van der Waals surface area contributed by atoms with Crippen LogP contribution in [0.4, 0.5) is 10.5 Å². The second kappa shape index (κ2) is 3.57. The monoisotopic (exact) mass is 256 g/mol. The van der Waals surface area contributed by atoms with Gasteiger partial charge in [-0.3, -0.25) is 4.90 Å². The van der Waals surface area contributed by atoms with Gasteiger partial charge in [-0.15, -0.1) is 0 Å². The smallest absolute Gasteiger partial charge is 0.412 e. The number of nitrogens with zero attached hydrogens (tertiary/aromatic N) is 2. The van der Waals surface area contributed by atoms with Crippen molar-refractivity contribution in [2.45, 2.75) is 18.9 Å². The van der Waals surface area contributed by atoms with Gasteiger partial charge in [0.1, 0.15) is 4.60 Å². The second-order valence-corrected chi connectivity index (χ2v) is 4.04. The van der Waals surface area contributed by atoms with Crippen molar-refractivity contribution in [1.29, 1.82) is 0 Å². The number of carbonyl (C=O) groups is 1. The van der Waals surface area contributed by atoms with Crippen molar-refractivity contribution in [2.75, 3.05) is 4.90 Å². The van der Waals surface area contributed by atoms with E-state index in [1.807, 2.05) is 0 Å². The van der Waals surface area contributed by atoms with E-state index in [2.05, 4.69) is 20.9 Å². The van der Waals surface area contributed by atoms with Gasteiger partial charge in [0.15, 0.2) is 0 Å². The van der Waals surface area contributed by atoms with Gasteiger partial charge in [-0.1, -0.05) is 0 Å². The van der Waals surface area contributed by atoms with Crippen molar-refractivity contribution >= 4 is 27.7 Å². The summed E-state index contributed by atoms with van der Waals surface area (Å²) in [4.78, 5) is 16.3. The van der Waals surface area contributed by atoms with Gasteiger partial charge in [-0.25, -0.2) is 9.78 Å². The van der Waals surface area contributed by atoms with Crippen LogP contribution < -0.4 is 4.90 Å². The minimum Gasteiger partial charge on any atom is -0.465 e. The van der Waals surface area contributed by atoms with Crippen LogP contribution in [0.15, 0.2) is 22.9 Å². The molecule has 14 heavy (non-hydrogen) atoms. The SMILES string of the molecule is O=C(O)N(c1ccc(Br)nc1)C1CC1. The first-order chi connectivity index (χ1) is 6.68. The Kier molecular flexibility index (Phi) is 2.41. The van der Waals surface area contributed by atoms with Crippen LogP contribution in [0.25, 0.3) is 0 Å². The number of hydrogen-bond donors (Lipinski definition) is 1. The van der Waals surface area contributed by atoms with Crippen LogP contribution in [-0.4, -0.2) is 22.2 Å². The molecule has 2 rings (SSSR count). The summed E-state index contributed by atoms with van der Waals surface area (Å²) in [7, 11) is 0. The zero-order chi connectivity index (χ0) is 10.1. The summed E-state index contributed by atoms with van der Waals surface area (Å²) in [5.74, 6) is 0. The van der Waals surface area contributed by atoms with Crippen molar-refractivity contribution in [1.82, 2.24) is 4.98 Å². The van der Waals surface area contributed by atoms with E-state index in [0.29, 0.717) is 10.3 Å². The first kappa shape index (κ1) is 9.45. The summed E-state index contributed by atoms with van der Waals surface area (Å²) in [6.45, 7) is 0. The van der Waals surface area contributed by atoms with Gasteiger partial charge >= 0.3 is 6.09 Å². The number of anilines is 1. The van der Waals surface area contributed by atoms with Crippen molar-refractivity contribution in [2.24, 2.45) is 0 Å². The van der Waals surface area contributed by atoms with Gasteiger partial charge in [-0.05, 0) is 40.9 Å². The molecular weight excluding hydrogens is 248 g/mol. The zero-order valence-corrected chi connectivity index (χ0v) is 8.94. The van der Waals surface area contributed by atoms with E-state index in [4.69, 9.17) is 5.11 Å². The lowest BCUT2D eigenvalue weighted by molar-refractivity contribution is 0.201. The predicted octanol–water partition coefficient (Wildman–Crippen LogP) is 2.49. The molecule has 0 spiro atoms. The van der Waals surface area contributed by atoms with E-state index in [9.17, 15) is 4.79 Å². The number of amides is 1. The summed E-state index contributed by atoms with van der Waals surface area (Å²) in [5, 5.41) is 8.99. The third-order valence-corrected chi connectivity index (χ3v) is 2.58. The first-order valence-corrected chi connectivity index (χ1v) is 5.11. The molecule has 1 saturated carbocycles. The van der Waals surface area contributed by atoms with Gasteiger partial charge in [0.05, 0.1) is 11.9 Å². The Hall–Kier alpha value is -1.10. The van der Waals surface area contributed by atoms with E-state index < -0.39 is 6.09 Å². The maximum Gasteiger partial charge on any atom is 0.412 e. The van der Waals surface area contributed by atoms with E-state index in [-0.39, 0.29) is 6.04 Å². The Balaban J connectivity index is 2.26. The molecule has 0 aromatic carbocycles. The van der Waals surface area contributed by atoms with Crippen LogP contribution in [-0.2, 0) is 0 Å². The average Bonchev–Trinajstić information content (AvgIpc) is 2.92. The maximum absolute atomic E-state index is 11.0. The van der Waals surface area contributed by atoms with Crippen molar-refractivity contribution in [3.63, 3.8) is 0 Å².